The number of carbonyl (C=O) groups is 1. The molecule has 4 rings (SSSR count). The van der Waals surface area contributed by atoms with E-state index in [-0.39, 0.29) is 11.8 Å². The van der Waals surface area contributed by atoms with Crippen molar-refractivity contribution in [3.8, 4) is 11.1 Å². The molecule has 8 heteroatoms. The predicted octanol–water partition coefficient (Wildman–Crippen LogP) is 3.09. The summed E-state index contributed by atoms with van der Waals surface area (Å²) in [6.45, 7) is 2.66. The Kier molecular flexibility index (Phi) is 4.42. The Labute approximate surface area is 154 Å². The summed E-state index contributed by atoms with van der Waals surface area (Å²) < 4.78 is 13.3. The van der Waals surface area contributed by atoms with Gasteiger partial charge < -0.3 is 15.5 Å². The van der Waals surface area contributed by atoms with Crippen molar-refractivity contribution in [3.05, 3.63) is 41.8 Å². The zero-order chi connectivity index (χ0) is 18.1. The third-order valence-corrected chi connectivity index (χ3v) is 5.50. The summed E-state index contributed by atoms with van der Waals surface area (Å²) in [4.78, 5) is 25.1. The zero-order valence-corrected chi connectivity index (χ0v) is 14.9. The van der Waals surface area contributed by atoms with Crippen LogP contribution in [-0.2, 0) is 0 Å². The molecule has 0 atom stereocenters. The molecule has 0 spiro atoms. The number of hydrogen-bond acceptors (Lipinski definition) is 5. The molecule has 1 aliphatic heterocycles. The number of nitrogens with two attached hydrogens (primary N) is 1. The Hall–Kier alpha value is -2.74. The topological polar surface area (TPSA) is 75.4 Å². The van der Waals surface area contributed by atoms with Crippen LogP contribution in [0, 0.1) is 5.82 Å². The van der Waals surface area contributed by atoms with Crippen LogP contribution >= 0.6 is 11.3 Å². The van der Waals surface area contributed by atoms with Crippen molar-refractivity contribution in [2.75, 3.05) is 31.1 Å². The monoisotopic (exact) mass is 371 g/mol. The van der Waals surface area contributed by atoms with Crippen LogP contribution in [0.3, 0.4) is 0 Å². The molecule has 0 saturated carbocycles. The molecule has 0 unspecified atom stereocenters. The van der Waals surface area contributed by atoms with Crippen LogP contribution in [0.4, 0.5) is 15.0 Å². The summed E-state index contributed by atoms with van der Waals surface area (Å²) in [5.41, 5.74) is 7.35. The Morgan fingerprint density at radius 2 is 1.92 bits per heavy atom. The van der Waals surface area contributed by atoms with Crippen LogP contribution in [0.5, 0.6) is 0 Å². The molecule has 6 nitrogen and oxygen atoms in total. The first kappa shape index (κ1) is 16.7. The minimum atomic E-state index is -0.387. The molecule has 1 saturated heterocycles. The molecule has 0 aliphatic carbocycles. The summed E-state index contributed by atoms with van der Waals surface area (Å²) in [6, 6.07) is 6.07. The van der Waals surface area contributed by atoms with Crippen molar-refractivity contribution in [2.24, 2.45) is 5.73 Å². The standard InChI is InChI=1S/C18H18FN5OS/c19-13-4-2-12(3-5-13)14-10-26-17-15(14)16(21-11-22-17)23-6-1-7-24(9-8-23)18(20)25/h2-5,10-11H,1,6-9H2,(H2,20,25). The number of carbonyl (C=O) groups excluding carboxylic acids is 1. The number of fused-ring (bicyclic) bond motifs is 1. The fraction of sp³-hybridized carbons (Fsp3) is 0.278. The van der Waals surface area contributed by atoms with Gasteiger partial charge in [0.2, 0.25) is 0 Å². The van der Waals surface area contributed by atoms with Crippen LogP contribution < -0.4 is 10.6 Å². The molecule has 0 bridgehead atoms. The van der Waals surface area contributed by atoms with E-state index in [9.17, 15) is 9.18 Å². The van der Waals surface area contributed by atoms with Gasteiger partial charge >= 0.3 is 6.03 Å². The lowest BCUT2D eigenvalue weighted by Gasteiger charge is -2.23. The molecule has 134 valence electrons. The van der Waals surface area contributed by atoms with E-state index in [1.165, 1.54) is 12.1 Å². The summed E-state index contributed by atoms with van der Waals surface area (Å²) >= 11 is 1.55. The first-order chi connectivity index (χ1) is 12.6. The van der Waals surface area contributed by atoms with Crippen molar-refractivity contribution < 1.29 is 9.18 Å². The largest absolute Gasteiger partial charge is 0.354 e. The molecule has 1 aromatic carbocycles. The van der Waals surface area contributed by atoms with Crippen molar-refractivity contribution >= 4 is 33.4 Å². The van der Waals surface area contributed by atoms with Crippen molar-refractivity contribution in [1.29, 1.82) is 0 Å². The van der Waals surface area contributed by atoms with Crippen LogP contribution in [0.2, 0.25) is 0 Å². The molecular formula is C18H18FN5OS. The van der Waals surface area contributed by atoms with E-state index >= 15 is 0 Å². The lowest BCUT2D eigenvalue weighted by atomic mass is 10.1. The van der Waals surface area contributed by atoms with E-state index in [1.807, 2.05) is 5.38 Å². The number of amides is 2. The van der Waals surface area contributed by atoms with Gasteiger partial charge in [-0.1, -0.05) is 12.1 Å². The van der Waals surface area contributed by atoms with Crippen molar-refractivity contribution in [3.63, 3.8) is 0 Å². The van der Waals surface area contributed by atoms with Crippen molar-refractivity contribution in [1.82, 2.24) is 14.9 Å². The van der Waals surface area contributed by atoms with E-state index in [1.54, 1.807) is 34.7 Å². The number of halogens is 1. The number of primary amides is 1. The number of anilines is 1. The third-order valence-electron chi connectivity index (χ3n) is 4.61. The minimum absolute atomic E-state index is 0.260. The first-order valence-corrected chi connectivity index (χ1v) is 9.29. The molecule has 3 aromatic rings. The number of hydrogen-bond donors (Lipinski definition) is 1. The molecule has 2 N–H and O–H groups in total. The Balaban J connectivity index is 1.74. The lowest BCUT2D eigenvalue weighted by molar-refractivity contribution is 0.211. The molecule has 26 heavy (non-hydrogen) atoms. The number of urea groups is 1. The summed E-state index contributed by atoms with van der Waals surface area (Å²) in [7, 11) is 0. The van der Waals surface area contributed by atoms with Crippen LogP contribution in [0.1, 0.15) is 6.42 Å². The highest BCUT2D eigenvalue weighted by atomic mass is 32.1. The van der Waals surface area contributed by atoms with E-state index < -0.39 is 0 Å². The minimum Gasteiger partial charge on any atom is -0.354 e. The van der Waals surface area contributed by atoms with Gasteiger partial charge in [0.25, 0.3) is 0 Å². The smallest absolute Gasteiger partial charge is 0.314 e. The summed E-state index contributed by atoms with van der Waals surface area (Å²) in [5, 5.41) is 3.00. The van der Waals surface area contributed by atoms with Gasteiger partial charge in [-0.05, 0) is 24.1 Å². The van der Waals surface area contributed by atoms with E-state index in [0.29, 0.717) is 19.6 Å². The SMILES string of the molecule is NC(=O)N1CCCN(c2ncnc3scc(-c4ccc(F)cc4)c23)CC1. The van der Waals surface area contributed by atoms with E-state index in [2.05, 4.69) is 14.9 Å². The highest BCUT2D eigenvalue weighted by Gasteiger charge is 2.22. The molecule has 2 aromatic heterocycles. The van der Waals surface area contributed by atoms with Gasteiger partial charge in [0.1, 0.15) is 22.8 Å². The van der Waals surface area contributed by atoms with E-state index in [0.717, 1.165) is 40.1 Å². The van der Waals surface area contributed by atoms with Gasteiger partial charge in [0, 0.05) is 37.1 Å². The average Bonchev–Trinajstić information content (AvgIpc) is 2.91. The van der Waals surface area contributed by atoms with Crippen LogP contribution in [-0.4, -0.2) is 47.1 Å². The molecule has 0 radical (unpaired) electrons. The zero-order valence-electron chi connectivity index (χ0n) is 14.1. The second-order valence-electron chi connectivity index (χ2n) is 6.20. The number of aromatic nitrogens is 2. The first-order valence-electron chi connectivity index (χ1n) is 8.41. The highest BCUT2D eigenvalue weighted by Crippen LogP contribution is 2.38. The third kappa shape index (κ3) is 3.08. The van der Waals surface area contributed by atoms with E-state index in [4.69, 9.17) is 5.73 Å². The fourth-order valence-corrected chi connectivity index (χ4v) is 4.20. The number of nitrogens with zero attached hydrogens (tertiary/aromatic N) is 4. The van der Waals surface area contributed by atoms with Crippen LogP contribution in [0.25, 0.3) is 21.3 Å². The second kappa shape index (κ2) is 6.87. The molecule has 1 fully saturated rings. The highest BCUT2D eigenvalue weighted by molar-refractivity contribution is 7.17. The Bertz CT molecular complexity index is 942. The predicted molar refractivity (Wildman–Crippen MR) is 101 cm³/mol. The maximum atomic E-state index is 13.3. The molecule has 1 aliphatic rings. The molecular weight excluding hydrogens is 353 g/mol. The maximum Gasteiger partial charge on any atom is 0.314 e. The average molecular weight is 371 g/mol. The maximum absolute atomic E-state index is 13.3. The van der Waals surface area contributed by atoms with Gasteiger partial charge in [-0.2, -0.15) is 0 Å². The number of thiophene rings is 1. The molecule has 3 heterocycles. The number of rotatable bonds is 2. The second-order valence-corrected chi connectivity index (χ2v) is 7.06. The Morgan fingerprint density at radius 3 is 2.69 bits per heavy atom. The van der Waals surface area contributed by atoms with Crippen molar-refractivity contribution in [2.45, 2.75) is 6.42 Å². The van der Waals surface area contributed by atoms with Gasteiger partial charge in [0.15, 0.2) is 0 Å². The van der Waals surface area contributed by atoms with Crippen LogP contribution in [0.15, 0.2) is 36.0 Å². The normalized spacial score (nSPS) is 15.3. The number of benzene rings is 1. The quantitative estimate of drug-likeness (QED) is 0.751. The summed E-state index contributed by atoms with van der Waals surface area (Å²) in [6.07, 6.45) is 2.39. The van der Waals surface area contributed by atoms with Gasteiger partial charge in [-0.15, -0.1) is 11.3 Å². The molecule has 2 amide bonds. The lowest BCUT2D eigenvalue weighted by Crippen LogP contribution is -2.38. The van der Waals surface area contributed by atoms with Gasteiger partial charge in [-0.25, -0.2) is 19.2 Å². The van der Waals surface area contributed by atoms with Gasteiger partial charge in [-0.3, -0.25) is 0 Å². The Morgan fingerprint density at radius 1 is 1.12 bits per heavy atom. The fourth-order valence-electron chi connectivity index (χ4n) is 3.29. The van der Waals surface area contributed by atoms with Gasteiger partial charge in [0.05, 0.1) is 5.39 Å². The summed E-state index contributed by atoms with van der Waals surface area (Å²) in [5.74, 6) is 0.589.